The van der Waals surface area contributed by atoms with Crippen LogP contribution in [0.5, 0.6) is 0 Å². The van der Waals surface area contributed by atoms with Crippen molar-refractivity contribution in [1.82, 2.24) is 5.32 Å². The van der Waals surface area contributed by atoms with E-state index in [0.717, 1.165) is 11.3 Å². The summed E-state index contributed by atoms with van der Waals surface area (Å²) in [4.78, 5) is 13.5. The maximum atomic E-state index is 12.3. The molecule has 6 heteroatoms. The standard InChI is InChI=1S/C18H24N2O3S/c1-13-7-10-24-16(13)14-5-4-6-15(11-14)19-17(22)20-18(2,8-9-21)12-23-3/h4-7,10-11,21H,8-9,12H2,1-3H3,(H2,19,20,22). The number of benzene rings is 1. The quantitative estimate of drug-likeness (QED) is 0.715. The fourth-order valence-corrected chi connectivity index (χ4v) is 3.50. The lowest BCUT2D eigenvalue weighted by Gasteiger charge is -2.29. The molecule has 5 nitrogen and oxygen atoms in total. The van der Waals surface area contributed by atoms with E-state index in [0.29, 0.717) is 13.0 Å². The monoisotopic (exact) mass is 348 g/mol. The van der Waals surface area contributed by atoms with E-state index in [-0.39, 0.29) is 12.6 Å². The average Bonchev–Trinajstić information content (AvgIpc) is 2.93. The predicted molar refractivity (Wildman–Crippen MR) is 98.6 cm³/mol. The van der Waals surface area contributed by atoms with Crippen molar-refractivity contribution in [1.29, 1.82) is 0 Å². The van der Waals surface area contributed by atoms with E-state index in [4.69, 9.17) is 4.74 Å². The Morgan fingerprint density at radius 3 is 2.79 bits per heavy atom. The molecule has 0 aliphatic rings. The summed E-state index contributed by atoms with van der Waals surface area (Å²) in [6.07, 6.45) is 0.419. The van der Waals surface area contributed by atoms with E-state index in [1.54, 1.807) is 18.4 Å². The van der Waals surface area contributed by atoms with Crippen LogP contribution in [-0.4, -0.2) is 37.0 Å². The zero-order chi connectivity index (χ0) is 17.6. The molecule has 2 rings (SSSR count). The minimum atomic E-state index is -0.616. The van der Waals surface area contributed by atoms with Crippen LogP contribution >= 0.6 is 11.3 Å². The third-order valence-electron chi connectivity index (χ3n) is 3.79. The maximum Gasteiger partial charge on any atom is 0.319 e. The number of urea groups is 1. The molecular weight excluding hydrogens is 324 g/mol. The molecule has 0 saturated carbocycles. The second kappa shape index (κ2) is 8.28. The average molecular weight is 348 g/mol. The molecule has 0 fully saturated rings. The number of methoxy groups -OCH3 is 1. The van der Waals surface area contributed by atoms with E-state index in [9.17, 15) is 9.90 Å². The molecule has 0 saturated heterocycles. The molecule has 130 valence electrons. The van der Waals surface area contributed by atoms with Crippen molar-refractivity contribution >= 4 is 23.1 Å². The Morgan fingerprint density at radius 2 is 2.17 bits per heavy atom. The lowest BCUT2D eigenvalue weighted by atomic mass is 10.00. The normalized spacial score (nSPS) is 13.3. The van der Waals surface area contributed by atoms with Crippen molar-refractivity contribution in [2.24, 2.45) is 0 Å². The number of nitrogens with one attached hydrogen (secondary N) is 2. The predicted octanol–water partition coefficient (Wildman–Crippen LogP) is 3.63. The van der Waals surface area contributed by atoms with E-state index in [1.807, 2.05) is 31.2 Å². The van der Waals surface area contributed by atoms with Gasteiger partial charge in [0.15, 0.2) is 0 Å². The van der Waals surface area contributed by atoms with Gasteiger partial charge in [-0.05, 0) is 55.0 Å². The third-order valence-corrected chi connectivity index (χ3v) is 4.85. The van der Waals surface area contributed by atoms with E-state index in [1.165, 1.54) is 10.4 Å². The number of aliphatic hydroxyl groups is 1. The lowest BCUT2D eigenvalue weighted by Crippen LogP contribution is -2.51. The number of ether oxygens (including phenoxy) is 1. The van der Waals surface area contributed by atoms with Gasteiger partial charge >= 0.3 is 6.03 Å². The van der Waals surface area contributed by atoms with Gasteiger partial charge in [0, 0.05) is 24.3 Å². The topological polar surface area (TPSA) is 70.6 Å². The van der Waals surface area contributed by atoms with Gasteiger partial charge in [-0.2, -0.15) is 0 Å². The van der Waals surface area contributed by atoms with Gasteiger partial charge in [-0.3, -0.25) is 0 Å². The van der Waals surface area contributed by atoms with Crippen LogP contribution in [0.3, 0.4) is 0 Å². The first-order valence-electron chi connectivity index (χ1n) is 7.81. The molecule has 0 bridgehead atoms. The van der Waals surface area contributed by atoms with Crippen molar-refractivity contribution in [2.45, 2.75) is 25.8 Å². The molecule has 24 heavy (non-hydrogen) atoms. The smallest absolute Gasteiger partial charge is 0.319 e. The lowest BCUT2D eigenvalue weighted by molar-refractivity contribution is 0.104. The molecule has 1 atom stereocenters. The van der Waals surface area contributed by atoms with Crippen LogP contribution in [0.2, 0.25) is 0 Å². The van der Waals surface area contributed by atoms with Gasteiger partial charge in [-0.15, -0.1) is 11.3 Å². The van der Waals surface area contributed by atoms with Crippen LogP contribution in [0.1, 0.15) is 18.9 Å². The number of aryl methyl sites for hydroxylation is 1. The van der Waals surface area contributed by atoms with E-state index in [2.05, 4.69) is 29.0 Å². The summed E-state index contributed by atoms with van der Waals surface area (Å²) < 4.78 is 5.14. The van der Waals surface area contributed by atoms with Crippen LogP contribution in [0.25, 0.3) is 10.4 Å². The zero-order valence-electron chi connectivity index (χ0n) is 14.3. The molecule has 1 aromatic heterocycles. The summed E-state index contributed by atoms with van der Waals surface area (Å²) in [6.45, 7) is 4.23. The molecule has 3 N–H and O–H groups in total. The molecule has 2 amide bonds. The fourth-order valence-electron chi connectivity index (χ4n) is 2.58. The summed E-state index contributed by atoms with van der Waals surface area (Å²) in [6, 6.07) is 9.53. The van der Waals surface area contributed by atoms with Crippen molar-refractivity contribution in [3.8, 4) is 10.4 Å². The van der Waals surface area contributed by atoms with Crippen LogP contribution in [-0.2, 0) is 4.74 Å². The largest absolute Gasteiger partial charge is 0.396 e. The second-order valence-corrected chi connectivity index (χ2v) is 6.98. The van der Waals surface area contributed by atoms with E-state index < -0.39 is 5.54 Å². The molecule has 2 aromatic rings. The highest BCUT2D eigenvalue weighted by Gasteiger charge is 2.26. The second-order valence-electron chi connectivity index (χ2n) is 6.06. The molecular formula is C18H24N2O3S. The SMILES string of the molecule is COCC(C)(CCO)NC(=O)Nc1cccc(-c2sccc2C)c1. The number of aliphatic hydroxyl groups excluding tert-OH is 1. The number of anilines is 1. The Kier molecular flexibility index (Phi) is 6.36. The highest BCUT2D eigenvalue weighted by Crippen LogP contribution is 2.30. The summed E-state index contributed by atoms with van der Waals surface area (Å²) in [5.74, 6) is 0. The summed E-state index contributed by atoms with van der Waals surface area (Å²) in [5.41, 5.74) is 2.41. The van der Waals surface area contributed by atoms with Crippen LogP contribution in [0, 0.1) is 6.92 Å². The highest BCUT2D eigenvalue weighted by atomic mass is 32.1. The number of carbonyl (C=O) groups is 1. The van der Waals surface area contributed by atoms with Gasteiger partial charge in [-0.1, -0.05) is 12.1 Å². The number of rotatable bonds is 7. The molecule has 1 unspecified atom stereocenters. The Balaban J connectivity index is 2.08. The molecule has 0 aliphatic heterocycles. The number of thiophene rings is 1. The fraction of sp³-hybridized carbons (Fsp3) is 0.389. The van der Waals surface area contributed by atoms with Crippen molar-refractivity contribution < 1.29 is 14.6 Å². The Bertz CT molecular complexity index is 678. The Hall–Kier alpha value is -1.89. The van der Waals surface area contributed by atoms with Crippen molar-refractivity contribution in [3.05, 3.63) is 41.3 Å². The molecule has 0 radical (unpaired) electrons. The minimum absolute atomic E-state index is 0.0206. The van der Waals surface area contributed by atoms with Gasteiger partial charge in [0.2, 0.25) is 0 Å². The maximum absolute atomic E-state index is 12.3. The molecule has 1 heterocycles. The third kappa shape index (κ3) is 4.80. The van der Waals surface area contributed by atoms with Gasteiger partial charge in [-0.25, -0.2) is 4.79 Å². The molecule has 0 aliphatic carbocycles. The van der Waals surface area contributed by atoms with Gasteiger partial charge in [0.05, 0.1) is 12.1 Å². The first-order chi connectivity index (χ1) is 11.5. The van der Waals surface area contributed by atoms with Crippen LogP contribution < -0.4 is 10.6 Å². The van der Waals surface area contributed by atoms with Crippen LogP contribution in [0.15, 0.2) is 35.7 Å². The summed E-state index contributed by atoms with van der Waals surface area (Å²) in [5, 5.41) is 17.0. The van der Waals surface area contributed by atoms with Gasteiger partial charge in [0.1, 0.15) is 0 Å². The first kappa shape index (κ1) is 18.4. The zero-order valence-corrected chi connectivity index (χ0v) is 15.1. The molecule has 1 aromatic carbocycles. The Morgan fingerprint density at radius 1 is 1.38 bits per heavy atom. The Labute approximate surface area is 146 Å². The van der Waals surface area contributed by atoms with Crippen LogP contribution in [0.4, 0.5) is 10.5 Å². The number of hydrogen-bond acceptors (Lipinski definition) is 4. The number of amides is 2. The molecule has 0 spiro atoms. The van der Waals surface area contributed by atoms with Gasteiger partial charge in [0.25, 0.3) is 0 Å². The van der Waals surface area contributed by atoms with Crippen molar-refractivity contribution in [3.63, 3.8) is 0 Å². The highest BCUT2D eigenvalue weighted by molar-refractivity contribution is 7.13. The van der Waals surface area contributed by atoms with Gasteiger partial charge < -0.3 is 20.5 Å². The summed E-state index contributed by atoms with van der Waals surface area (Å²) in [7, 11) is 1.57. The summed E-state index contributed by atoms with van der Waals surface area (Å²) >= 11 is 1.68. The number of carbonyl (C=O) groups excluding carboxylic acids is 1. The first-order valence-corrected chi connectivity index (χ1v) is 8.69. The van der Waals surface area contributed by atoms with Crippen molar-refractivity contribution in [2.75, 3.05) is 25.6 Å². The van der Waals surface area contributed by atoms with E-state index >= 15 is 0 Å². The number of hydrogen-bond donors (Lipinski definition) is 3. The minimum Gasteiger partial charge on any atom is -0.396 e.